The van der Waals surface area contributed by atoms with Crippen LogP contribution in [0.4, 0.5) is 5.82 Å². The lowest BCUT2D eigenvalue weighted by Crippen LogP contribution is -2.42. The summed E-state index contributed by atoms with van der Waals surface area (Å²) in [6, 6.07) is 19.3. The van der Waals surface area contributed by atoms with Crippen LogP contribution in [0, 0.1) is 11.3 Å². The molecule has 0 amide bonds. The third-order valence-corrected chi connectivity index (χ3v) is 7.18. The molecule has 6 heteroatoms. The molecule has 172 valence electrons. The highest BCUT2D eigenvalue weighted by molar-refractivity contribution is 5.85. The predicted octanol–water partition coefficient (Wildman–Crippen LogP) is 5.61. The van der Waals surface area contributed by atoms with E-state index in [1.165, 1.54) is 5.56 Å². The second-order valence-electron chi connectivity index (χ2n) is 8.88. The van der Waals surface area contributed by atoms with E-state index in [1.54, 1.807) is 10.7 Å². The van der Waals surface area contributed by atoms with Gasteiger partial charge < -0.3 is 9.64 Å². The van der Waals surface area contributed by atoms with Crippen molar-refractivity contribution in [3.8, 4) is 22.9 Å². The fourth-order valence-electron chi connectivity index (χ4n) is 5.18. The Balaban J connectivity index is 1.41. The molecular weight excluding hydrogens is 422 g/mol. The van der Waals surface area contributed by atoms with Gasteiger partial charge in [0.15, 0.2) is 0 Å². The predicted molar refractivity (Wildman–Crippen MR) is 134 cm³/mol. The van der Waals surface area contributed by atoms with Gasteiger partial charge in [-0.05, 0) is 55.4 Å². The Labute approximate surface area is 200 Å². The van der Waals surface area contributed by atoms with Gasteiger partial charge in [0.2, 0.25) is 0 Å². The van der Waals surface area contributed by atoms with Crippen molar-refractivity contribution in [2.45, 2.75) is 38.5 Å². The van der Waals surface area contributed by atoms with Crippen LogP contribution >= 0.6 is 0 Å². The van der Waals surface area contributed by atoms with E-state index in [0.29, 0.717) is 12.2 Å². The Morgan fingerprint density at radius 1 is 1.06 bits per heavy atom. The van der Waals surface area contributed by atoms with Gasteiger partial charge in [0.05, 0.1) is 30.1 Å². The van der Waals surface area contributed by atoms with Crippen LogP contribution in [0.2, 0.25) is 0 Å². The second kappa shape index (κ2) is 9.18. The number of nitrogens with zero attached hydrogens (tertiary/aromatic N) is 5. The average Bonchev–Trinajstić information content (AvgIpc) is 3.32. The molecule has 0 unspecified atom stereocenters. The number of pyridine rings is 2. The molecule has 1 aliphatic rings. The molecule has 0 saturated carbocycles. The van der Waals surface area contributed by atoms with E-state index >= 15 is 0 Å². The van der Waals surface area contributed by atoms with Crippen molar-refractivity contribution < 1.29 is 4.74 Å². The third-order valence-electron chi connectivity index (χ3n) is 7.18. The van der Waals surface area contributed by atoms with Gasteiger partial charge in [0.25, 0.3) is 0 Å². The number of fused-ring (bicyclic) bond motifs is 1. The minimum absolute atomic E-state index is 0.249. The molecule has 0 N–H and O–H groups in total. The molecule has 3 aromatic heterocycles. The van der Waals surface area contributed by atoms with Crippen molar-refractivity contribution in [3.63, 3.8) is 0 Å². The number of hydrogen-bond acceptors (Lipinski definition) is 5. The molecule has 1 aliphatic heterocycles. The lowest BCUT2D eigenvalue weighted by molar-refractivity contribution is 0.319. The SMILES string of the molecule is CCOc1cc(-c2ccc(N3CCC(CC)(c4ccccc4)CC3)nc2)c2c(C#N)cnn2c1. The van der Waals surface area contributed by atoms with Crippen molar-refractivity contribution in [2.75, 3.05) is 24.6 Å². The minimum atomic E-state index is 0.249. The number of ether oxygens (including phenoxy) is 1. The zero-order chi connectivity index (χ0) is 23.5. The summed E-state index contributed by atoms with van der Waals surface area (Å²) in [6.45, 7) is 6.79. The number of aromatic nitrogens is 3. The summed E-state index contributed by atoms with van der Waals surface area (Å²) < 4.78 is 7.45. The lowest BCUT2D eigenvalue weighted by atomic mass is 9.71. The van der Waals surface area contributed by atoms with Crippen molar-refractivity contribution in [1.82, 2.24) is 14.6 Å². The van der Waals surface area contributed by atoms with Crippen LogP contribution in [0.1, 0.15) is 44.2 Å². The van der Waals surface area contributed by atoms with Crippen molar-refractivity contribution in [1.29, 1.82) is 5.26 Å². The molecule has 0 radical (unpaired) electrons. The van der Waals surface area contributed by atoms with E-state index in [0.717, 1.165) is 60.6 Å². The third kappa shape index (κ3) is 3.88. The second-order valence-corrected chi connectivity index (χ2v) is 8.88. The van der Waals surface area contributed by atoms with Crippen molar-refractivity contribution >= 4 is 11.3 Å². The van der Waals surface area contributed by atoms with E-state index in [9.17, 15) is 5.26 Å². The normalized spacial score (nSPS) is 15.3. The highest BCUT2D eigenvalue weighted by atomic mass is 16.5. The average molecular weight is 452 g/mol. The van der Waals surface area contributed by atoms with Crippen LogP contribution < -0.4 is 9.64 Å². The molecule has 6 nitrogen and oxygen atoms in total. The monoisotopic (exact) mass is 451 g/mol. The molecule has 0 atom stereocenters. The van der Waals surface area contributed by atoms with E-state index in [4.69, 9.17) is 9.72 Å². The summed E-state index contributed by atoms with van der Waals surface area (Å²) in [5, 5.41) is 13.9. The van der Waals surface area contributed by atoms with Gasteiger partial charge in [-0.2, -0.15) is 10.4 Å². The number of nitriles is 1. The fourth-order valence-corrected chi connectivity index (χ4v) is 5.18. The summed E-state index contributed by atoms with van der Waals surface area (Å²) in [6.07, 6.45) is 8.69. The van der Waals surface area contributed by atoms with Gasteiger partial charge in [-0.1, -0.05) is 37.3 Å². The molecule has 1 aromatic carbocycles. The molecule has 1 saturated heterocycles. The first kappa shape index (κ1) is 22.0. The van der Waals surface area contributed by atoms with Gasteiger partial charge in [-0.25, -0.2) is 9.50 Å². The van der Waals surface area contributed by atoms with E-state index in [2.05, 4.69) is 65.5 Å². The molecule has 0 bridgehead atoms. The van der Waals surface area contributed by atoms with Crippen LogP contribution in [0.15, 0.2) is 67.1 Å². The van der Waals surface area contributed by atoms with Crippen molar-refractivity contribution in [2.24, 2.45) is 0 Å². The maximum absolute atomic E-state index is 9.57. The van der Waals surface area contributed by atoms with Gasteiger partial charge in [-0.3, -0.25) is 0 Å². The molecule has 0 spiro atoms. The molecule has 4 heterocycles. The van der Waals surface area contributed by atoms with Gasteiger partial charge in [-0.15, -0.1) is 0 Å². The van der Waals surface area contributed by atoms with Crippen LogP contribution in [0.25, 0.3) is 16.6 Å². The number of anilines is 1. The maximum atomic E-state index is 9.57. The summed E-state index contributed by atoms with van der Waals surface area (Å²) in [4.78, 5) is 7.20. The van der Waals surface area contributed by atoms with E-state index in [-0.39, 0.29) is 5.41 Å². The largest absolute Gasteiger partial charge is 0.492 e. The van der Waals surface area contributed by atoms with Crippen LogP contribution in [0.3, 0.4) is 0 Å². The first-order valence-electron chi connectivity index (χ1n) is 12.0. The molecule has 1 fully saturated rings. The zero-order valence-electron chi connectivity index (χ0n) is 19.7. The number of hydrogen-bond donors (Lipinski definition) is 0. The Bertz CT molecular complexity index is 1310. The molecule has 0 aliphatic carbocycles. The van der Waals surface area contributed by atoms with Gasteiger partial charge in [0, 0.05) is 30.4 Å². The zero-order valence-corrected chi connectivity index (χ0v) is 19.7. The van der Waals surface area contributed by atoms with E-state index < -0.39 is 0 Å². The van der Waals surface area contributed by atoms with Crippen LogP contribution in [0.5, 0.6) is 5.75 Å². The summed E-state index contributed by atoms with van der Waals surface area (Å²) in [7, 11) is 0. The summed E-state index contributed by atoms with van der Waals surface area (Å²) in [5.41, 5.74) is 4.85. The van der Waals surface area contributed by atoms with Crippen LogP contribution in [-0.4, -0.2) is 34.3 Å². The van der Waals surface area contributed by atoms with E-state index in [1.807, 2.05) is 25.4 Å². The molecule has 4 aromatic rings. The molecular formula is C28H29N5O. The van der Waals surface area contributed by atoms with Gasteiger partial charge >= 0.3 is 0 Å². The summed E-state index contributed by atoms with van der Waals surface area (Å²) in [5.74, 6) is 1.71. The Morgan fingerprint density at radius 2 is 1.85 bits per heavy atom. The smallest absolute Gasteiger partial charge is 0.138 e. The quantitative estimate of drug-likeness (QED) is 0.381. The van der Waals surface area contributed by atoms with Crippen LogP contribution in [-0.2, 0) is 5.41 Å². The maximum Gasteiger partial charge on any atom is 0.138 e. The van der Waals surface area contributed by atoms with Gasteiger partial charge in [0.1, 0.15) is 17.6 Å². The minimum Gasteiger partial charge on any atom is -0.492 e. The highest BCUT2D eigenvalue weighted by Crippen LogP contribution is 2.39. The standard InChI is InChI=1S/C28H29N5O/c1-3-28(23-8-6-5-7-9-23)12-14-32(15-13-28)26-11-10-21(18-30-26)25-16-24(34-4-2)20-33-27(25)22(17-29)19-31-33/h5-11,16,18-20H,3-4,12-15H2,1-2H3. The number of piperidine rings is 1. The lowest BCUT2D eigenvalue weighted by Gasteiger charge is -2.42. The first-order chi connectivity index (χ1) is 16.7. The Hall–Kier alpha value is -3.85. The number of benzene rings is 1. The number of rotatable bonds is 6. The highest BCUT2D eigenvalue weighted by Gasteiger charge is 2.34. The Morgan fingerprint density at radius 3 is 2.50 bits per heavy atom. The topological polar surface area (TPSA) is 66.5 Å². The molecule has 34 heavy (non-hydrogen) atoms. The first-order valence-corrected chi connectivity index (χ1v) is 12.0. The fraction of sp³-hybridized carbons (Fsp3) is 0.321. The molecule has 5 rings (SSSR count). The Kier molecular flexibility index (Phi) is 5.93. The van der Waals surface area contributed by atoms with Crippen molar-refractivity contribution in [3.05, 3.63) is 78.2 Å². The summed E-state index contributed by atoms with van der Waals surface area (Å²) >= 11 is 0.